The van der Waals surface area contributed by atoms with Gasteiger partial charge in [-0.1, -0.05) is 39.5 Å². The lowest BCUT2D eigenvalue weighted by Crippen LogP contribution is -2.22. The van der Waals surface area contributed by atoms with Crippen molar-refractivity contribution in [2.45, 2.75) is 65.4 Å². The summed E-state index contributed by atoms with van der Waals surface area (Å²) in [6, 6.07) is 0. The molecule has 0 spiro atoms. The van der Waals surface area contributed by atoms with Gasteiger partial charge in [0.25, 0.3) is 0 Å². The summed E-state index contributed by atoms with van der Waals surface area (Å²) < 4.78 is 15.0. The maximum atomic E-state index is 11.3. The fourth-order valence-electron chi connectivity index (χ4n) is 1.70. The van der Waals surface area contributed by atoms with Crippen molar-refractivity contribution in [3.63, 3.8) is 0 Å². The van der Waals surface area contributed by atoms with Gasteiger partial charge in [-0.3, -0.25) is 0 Å². The first kappa shape index (κ1) is 18.9. The van der Waals surface area contributed by atoms with Crippen LogP contribution in [0.25, 0.3) is 0 Å². The topological polar surface area (TPSA) is 61.8 Å². The van der Waals surface area contributed by atoms with Crippen LogP contribution in [0.4, 0.5) is 0 Å². The number of carbonyl (C=O) groups excluding carboxylic acids is 2. The molecule has 0 aromatic carbocycles. The molecule has 0 N–H and O–H groups in total. The second-order valence-electron chi connectivity index (χ2n) is 4.86. The molecule has 0 rings (SSSR count). The predicted molar refractivity (Wildman–Crippen MR) is 76.4 cm³/mol. The Bertz CT molecular complexity index is 265. The molecule has 5 nitrogen and oxygen atoms in total. The maximum Gasteiger partial charge on any atom is 0.332 e. The number of ether oxygens (including phenoxy) is 3. The normalized spacial score (nSPS) is 11.9. The zero-order valence-corrected chi connectivity index (χ0v) is 13.0. The van der Waals surface area contributed by atoms with E-state index in [9.17, 15) is 9.59 Å². The third-order valence-corrected chi connectivity index (χ3v) is 2.73. The van der Waals surface area contributed by atoms with Crippen LogP contribution in [-0.4, -0.2) is 37.9 Å². The molecule has 0 fully saturated rings. The van der Waals surface area contributed by atoms with E-state index in [0.717, 1.165) is 38.5 Å². The van der Waals surface area contributed by atoms with E-state index in [1.54, 1.807) is 0 Å². The Morgan fingerprint density at radius 1 is 0.950 bits per heavy atom. The van der Waals surface area contributed by atoms with Crippen molar-refractivity contribution in [2.75, 3.05) is 19.8 Å². The molecule has 0 radical (unpaired) electrons. The number of unbranched alkanes of at least 4 members (excludes halogenated alkanes) is 3. The first-order valence-corrected chi connectivity index (χ1v) is 7.53. The van der Waals surface area contributed by atoms with Crippen LogP contribution in [0, 0.1) is 0 Å². The molecule has 0 amide bonds. The first-order chi connectivity index (χ1) is 9.60. The molecule has 0 aromatic heterocycles. The van der Waals surface area contributed by atoms with Crippen molar-refractivity contribution in [3.05, 3.63) is 0 Å². The number of hydrogen-bond acceptors (Lipinski definition) is 5. The smallest absolute Gasteiger partial charge is 0.332 e. The van der Waals surface area contributed by atoms with E-state index >= 15 is 0 Å². The zero-order chi connectivity index (χ0) is 15.2. The molecule has 0 aliphatic rings. The van der Waals surface area contributed by atoms with E-state index in [1.165, 1.54) is 0 Å². The highest BCUT2D eigenvalue weighted by molar-refractivity contribution is 5.73. The molecule has 1 unspecified atom stereocenters. The van der Waals surface area contributed by atoms with E-state index in [0.29, 0.717) is 6.61 Å². The van der Waals surface area contributed by atoms with Crippen molar-refractivity contribution in [1.82, 2.24) is 0 Å². The van der Waals surface area contributed by atoms with Crippen LogP contribution in [0.15, 0.2) is 0 Å². The van der Waals surface area contributed by atoms with E-state index in [2.05, 4.69) is 6.92 Å². The zero-order valence-electron chi connectivity index (χ0n) is 13.0. The third kappa shape index (κ3) is 12.0. The Balaban J connectivity index is 3.48. The molecular weight excluding hydrogens is 260 g/mol. The van der Waals surface area contributed by atoms with E-state index in [1.807, 2.05) is 13.8 Å². The first-order valence-electron chi connectivity index (χ1n) is 7.53. The van der Waals surface area contributed by atoms with Gasteiger partial charge in [-0.2, -0.15) is 0 Å². The average molecular weight is 288 g/mol. The molecular formula is C15H28O5. The van der Waals surface area contributed by atoms with E-state index in [-0.39, 0.29) is 19.3 Å². The van der Waals surface area contributed by atoms with Gasteiger partial charge in [0.2, 0.25) is 0 Å². The molecule has 0 bridgehead atoms. The highest BCUT2D eigenvalue weighted by Gasteiger charge is 2.10. The van der Waals surface area contributed by atoms with Gasteiger partial charge in [0.15, 0.2) is 0 Å². The molecule has 0 aliphatic carbocycles. The van der Waals surface area contributed by atoms with Gasteiger partial charge in [0.1, 0.15) is 13.2 Å². The molecule has 0 saturated carbocycles. The number of carbonyl (C=O) groups is 2. The Morgan fingerprint density at radius 2 is 1.65 bits per heavy atom. The minimum absolute atomic E-state index is 0.110. The summed E-state index contributed by atoms with van der Waals surface area (Å²) in [5, 5.41) is 0. The molecule has 0 heterocycles. The monoisotopic (exact) mass is 288 g/mol. The SMILES string of the molecule is CCCCCCOC(=O)COCC(=O)OC(C)CCC. The van der Waals surface area contributed by atoms with Crippen LogP contribution >= 0.6 is 0 Å². The lowest BCUT2D eigenvalue weighted by atomic mass is 10.2. The molecule has 0 aromatic rings. The summed E-state index contributed by atoms with van der Waals surface area (Å²) in [6.07, 6.45) is 5.90. The minimum atomic E-state index is -0.443. The fraction of sp³-hybridized carbons (Fsp3) is 0.867. The Kier molecular flexibility index (Phi) is 12.2. The van der Waals surface area contributed by atoms with Crippen LogP contribution in [-0.2, 0) is 23.8 Å². The molecule has 0 aliphatic heterocycles. The predicted octanol–water partition coefficient (Wildman–Crippen LogP) is 2.86. The summed E-state index contributed by atoms with van der Waals surface area (Å²) >= 11 is 0. The highest BCUT2D eigenvalue weighted by atomic mass is 16.6. The van der Waals surface area contributed by atoms with Gasteiger partial charge < -0.3 is 14.2 Å². The Labute approximate surface area is 122 Å². The largest absolute Gasteiger partial charge is 0.464 e. The number of esters is 2. The van der Waals surface area contributed by atoms with Gasteiger partial charge in [-0.25, -0.2) is 9.59 Å². The summed E-state index contributed by atoms with van der Waals surface area (Å²) in [5.41, 5.74) is 0. The molecule has 118 valence electrons. The second-order valence-corrected chi connectivity index (χ2v) is 4.86. The molecule has 0 saturated heterocycles. The average Bonchev–Trinajstić information content (AvgIpc) is 2.38. The van der Waals surface area contributed by atoms with Crippen LogP contribution < -0.4 is 0 Å². The fourth-order valence-corrected chi connectivity index (χ4v) is 1.70. The third-order valence-electron chi connectivity index (χ3n) is 2.73. The molecule has 5 heteroatoms. The summed E-state index contributed by atoms with van der Waals surface area (Å²) in [6.45, 7) is 5.99. The van der Waals surface area contributed by atoms with Gasteiger partial charge >= 0.3 is 11.9 Å². The van der Waals surface area contributed by atoms with Crippen molar-refractivity contribution in [3.8, 4) is 0 Å². The van der Waals surface area contributed by atoms with Crippen LogP contribution in [0.5, 0.6) is 0 Å². The van der Waals surface area contributed by atoms with Gasteiger partial charge in [0.05, 0.1) is 12.7 Å². The van der Waals surface area contributed by atoms with Crippen LogP contribution in [0.2, 0.25) is 0 Å². The summed E-state index contributed by atoms with van der Waals surface area (Å²) in [5.74, 6) is -0.877. The molecule has 1 atom stereocenters. The van der Waals surface area contributed by atoms with E-state index < -0.39 is 11.9 Å². The van der Waals surface area contributed by atoms with E-state index in [4.69, 9.17) is 14.2 Å². The number of rotatable bonds is 12. The van der Waals surface area contributed by atoms with Crippen LogP contribution in [0.1, 0.15) is 59.3 Å². The summed E-state index contributed by atoms with van der Waals surface area (Å²) in [7, 11) is 0. The van der Waals surface area contributed by atoms with Gasteiger partial charge in [-0.15, -0.1) is 0 Å². The lowest BCUT2D eigenvalue weighted by molar-refractivity contribution is -0.158. The highest BCUT2D eigenvalue weighted by Crippen LogP contribution is 2.01. The number of hydrogen-bond donors (Lipinski definition) is 0. The lowest BCUT2D eigenvalue weighted by Gasteiger charge is -2.12. The second kappa shape index (κ2) is 12.9. The molecule has 20 heavy (non-hydrogen) atoms. The minimum Gasteiger partial charge on any atom is -0.464 e. The van der Waals surface area contributed by atoms with Gasteiger partial charge in [0, 0.05) is 0 Å². The quantitative estimate of drug-likeness (QED) is 0.408. The standard InChI is InChI=1S/C15H28O5/c1-4-6-7-8-10-19-14(16)11-18-12-15(17)20-13(3)9-5-2/h13H,4-12H2,1-3H3. The van der Waals surface area contributed by atoms with Crippen molar-refractivity contribution < 1.29 is 23.8 Å². The van der Waals surface area contributed by atoms with Crippen LogP contribution in [0.3, 0.4) is 0 Å². The Morgan fingerprint density at radius 3 is 2.30 bits per heavy atom. The maximum absolute atomic E-state index is 11.3. The van der Waals surface area contributed by atoms with Crippen molar-refractivity contribution >= 4 is 11.9 Å². The summed E-state index contributed by atoms with van der Waals surface area (Å²) in [4.78, 5) is 22.6. The van der Waals surface area contributed by atoms with Crippen molar-refractivity contribution in [2.24, 2.45) is 0 Å². The van der Waals surface area contributed by atoms with Gasteiger partial charge in [-0.05, 0) is 19.8 Å². The van der Waals surface area contributed by atoms with Crippen molar-refractivity contribution in [1.29, 1.82) is 0 Å². The Hall–Kier alpha value is -1.10.